The molecule has 0 aliphatic rings. The molecule has 96 valence electrons. The van der Waals surface area contributed by atoms with E-state index in [-0.39, 0.29) is 11.9 Å². The van der Waals surface area contributed by atoms with Gasteiger partial charge in [-0.05, 0) is 25.8 Å². The van der Waals surface area contributed by atoms with Crippen LogP contribution in [0.25, 0.3) is 0 Å². The summed E-state index contributed by atoms with van der Waals surface area (Å²) in [4.78, 5) is 0. The Labute approximate surface area is 100 Å². The molecule has 0 aliphatic heterocycles. The van der Waals surface area contributed by atoms with Gasteiger partial charge in [0.25, 0.3) is 0 Å². The molecule has 0 atom stereocenters. The first kappa shape index (κ1) is 13.9. The molecule has 17 heavy (non-hydrogen) atoms. The van der Waals surface area contributed by atoms with Gasteiger partial charge in [-0.3, -0.25) is 0 Å². The summed E-state index contributed by atoms with van der Waals surface area (Å²) in [6.07, 6.45) is 1.25. The van der Waals surface area contributed by atoms with Crippen molar-refractivity contribution in [2.75, 3.05) is 0 Å². The van der Waals surface area contributed by atoms with Gasteiger partial charge in [0.05, 0.1) is 11.9 Å². The Morgan fingerprint density at radius 3 is 2.24 bits per heavy atom. The topological polar surface area (TPSA) is 9.23 Å². The smallest absolute Gasteiger partial charge is 0.493 e. The first-order valence-corrected chi connectivity index (χ1v) is 5.85. The lowest BCUT2D eigenvalue weighted by Gasteiger charge is -2.24. The number of halogens is 3. The average Bonchev–Trinajstić information content (AvgIpc) is 2.26. The molecular formula is C12H17BF3O-. The Bertz CT molecular complexity index is 373. The fraction of sp³-hybridized carbons (Fsp3) is 0.500. The zero-order valence-electron chi connectivity index (χ0n) is 10.3. The summed E-state index contributed by atoms with van der Waals surface area (Å²) >= 11 is 0. The second-order valence-electron chi connectivity index (χ2n) is 4.17. The monoisotopic (exact) mass is 245 g/mol. The van der Waals surface area contributed by atoms with E-state index < -0.39 is 12.4 Å². The van der Waals surface area contributed by atoms with Gasteiger partial charge in [0.1, 0.15) is 0 Å². The minimum atomic E-state index is -5.02. The van der Waals surface area contributed by atoms with Crippen molar-refractivity contribution in [3.63, 3.8) is 0 Å². The highest BCUT2D eigenvalue weighted by molar-refractivity contribution is 6.74. The first-order valence-electron chi connectivity index (χ1n) is 5.85. The number of hydrogen-bond donors (Lipinski definition) is 0. The Kier molecular flexibility index (Phi) is 4.49. The maximum absolute atomic E-state index is 12.9. The molecule has 0 heterocycles. The molecule has 0 fully saturated rings. The third-order valence-corrected chi connectivity index (χ3v) is 2.72. The highest BCUT2D eigenvalue weighted by Crippen LogP contribution is 2.21. The molecule has 1 rings (SSSR count). The lowest BCUT2D eigenvalue weighted by Crippen LogP contribution is -2.36. The number of rotatable bonds is 5. The zero-order valence-corrected chi connectivity index (χ0v) is 10.3. The predicted octanol–water partition coefficient (Wildman–Crippen LogP) is 3.62. The Morgan fingerprint density at radius 2 is 1.76 bits per heavy atom. The van der Waals surface area contributed by atoms with Gasteiger partial charge in [-0.1, -0.05) is 37.0 Å². The van der Waals surface area contributed by atoms with E-state index in [2.05, 4.69) is 0 Å². The van der Waals surface area contributed by atoms with Gasteiger partial charge >= 0.3 is 6.98 Å². The predicted molar refractivity (Wildman–Crippen MR) is 64.9 cm³/mol. The van der Waals surface area contributed by atoms with Gasteiger partial charge in [0.15, 0.2) is 0 Å². The van der Waals surface area contributed by atoms with E-state index >= 15 is 0 Å². The molecular weight excluding hydrogens is 228 g/mol. The maximum atomic E-state index is 12.9. The molecule has 0 aliphatic carbocycles. The van der Waals surface area contributed by atoms with Crippen molar-refractivity contribution in [1.82, 2.24) is 0 Å². The van der Waals surface area contributed by atoms with E-state index in [1.807, 2.05) is 13.8 Å². The summed E-state index contributed by atoms with van der Waals surface area (Å²) in [6.45, 7) is 0.428. The summed E-state index contributed by atoms with van der Waals surface area (Å²) in [5.41, 5.74) is -0.0343. The lowest BCUT2D eigenvalue weighted by molar-refractivity contribution is 0.194. The van der Waals surface area contributed by atoms with Gasteiger partial charge in [0, 0.05) is 0 Å². The highest BCUT2D eigenvalue weighted by Gasteiger charge is 2.29. The Morgan fingerprint density at radius 1 is 1.18 bits per heavy atom. The minimum Gasteiger partial charge on any atom is -0.493 e. The van der Waals surface area contributed by atoms with Crippen LogP contribution in [-0.2, 0) is 0 Å². The molecule has 0 aromatic heterocycles. The molecule has 0 saturated heterocycles. The van der Waals surface area contributed by atoms with Crippen molar-refractivity contribution in [2.45, 2.75) is 39.7 Å². The summed E-state index contributed by atoms with van der Waals surface area (Å²) < 4.78 is 44.0. The summed E-state index contributed by atoms with van der Waals surface area (Å²) in [7, 11) is 0. The van der Waals surface area contributed by atoms with Crippen LogP contribution >= 0.6 is 0 Å². The molecule has 0 unspecified atom stereocenters. The number of benzene rings is 1. The van der Waals surface area contributed by atoms with Crippen molar-refractivity contribution < 1.29 is 17.7 Å². The Hall–Kier alpha value is -1.13. The largest absolute Gasteiger partial charge is 0.513 e. The van der Waals surface area contributed by atoms with E-state index in [0.29, 0.717) is 18.4 Å². The van der Waals surface area contributed by atoms with Gasteiger partial charge in [-0.2, -0.15) is 0 Å². The third-order valence-electron chi connectivity index (χ3n) is 2.72. The highest BCUT2D eigenvalue weighted by atomic mass is 19.4. The summed E-state index contributed by atoms with van der Waals surface area (Å²) in [5, 5.41) is 0. The van der Waals surface area contributed by atoms with Gasteiger partial charge in [0.2, 0.25) is 0 Å². The van der Waals surface area contributed by atoms with Crippen LogP contribution in [-0.4, -0.2) is 13.1 Å². The number of ether oxygens (including phenoxy) is 1. The van der Waals surface area contributed by atoms with Gasteiger partial charge in [-0.25, -0.2) is 0 Å². The average molecular weight is 245 g/mol. The Balaban J connectivity index is 3.06. The maximum Gasteiger partial charge on any atom is 0.513 e. The molecule has 0 spiro atoms. The van der Waals surface area contributed by atoms with Crippen LogP contribution in [0.1, 0.15) is 32.3 Å². The van der Waals surface area contributed by atoms with Gasteiger partial charge in [-0.15, -0.1) is 0 Å². The number of aryl methyl sites for hydroxylation is 1. The second kappa shape index (κ2) is 5.47. The van der Waals surface area contributed by atoms with Crippen LogP contribution < -0.4 is 10.2 Å². The van der Waals surface area contributed by atoms with Crippen molar-refractivity contribution >= 4 is 12.4 Å². The molecule has 1 aromatic carbocycles. The van der Waals surface area contributed by atoms with Crippen LogP contribution in [0.15, 0.2) is 18.2 Å². The van der Waals surface area contributed by atoms with Gasteiger partial charge < -0.3 is 17.7 Å². The second-order valence-corrected chi connectivity index (χ2v) is 4.17. The molecule has 0 amide bonds. The van der Waals surface area contributed by atoms with Crippen LogP contribution in [0.3, 0.4) is 0 Å². The van der Waals surface area contributed by atoms with Crippen molar-refractivity contribution in [2.24, 2.45) is 0 Å². The van der Waals surface area contributed by atoms with E-state index in [9.17, 15) is 12.9 Å². The number of hydrogen-bond acceptors (Lipinski definition) is 1. The zero-order chi connectivity index (χ0) is 13.1. The molecule has 0 N–H and O–H groups in total. The fourth-order valence-corrected chi connectivity index (χ4v) is 1.67. The normalized spacial score (nSPS) is 11.9. The van der Waals surface area contributed by atoms with Crippen molar-refractivity contribution in [3.8, 4) is 5.75 Å². The first-order chi connectivity index (χ1) is 7.88. The molecule has 5 heteroatoms. The third kappa shape index (κ3) is 3.68. The summed E-state index contributed by atoms with van der Waals surface area (Å²) in [5.74, 6) is -0.0446. The standard InChI is InChI=1S/C12H17BF3O/c1-4-10(5-2)17-12-7-6-9(3)8-11(12)13(14,15)16/h6-8,10H,4-5H2,1-3H3/q-1. The fourth-order valence-electron chi connectivity index (χ4n) is 1.67. The lowest BCUT2D eigenvalue weighted by atomic mass is 9.78. The van der Waals surface area contributed by atoms with E-state index in [1.165, 1.54) is 6.07 Å². The van der Waals surface area contributed by atoms with E-state index in [4.69, 9.17) is 4.74 Å². The van der Waals surface area contributed by atoms with Crippen LogP contribution in [0.4, 0.5) is 12.9 Å². The minimum absolute atomic E-state index is 0.0446. The van der Waals surface area contributed by atoms with E-state index in [1.54, 1.807) is 13.0 Å². The van der Waals surface area contributed by atoms with E-state index in [0.717, 1.165) is 6.07 Å². The van der Waals surface area contributed by atoms with Crippen LogP contribution in [0.5, 0.6) is 5.75 Å². The molecule has 0 saturated carbocycles. The van der Waals surface area contributed by atoms with Crippen LogP contribution in [0.2, 0.25) is 0 Å². The molecule has 0 radical (unpaired) electrons. The van der Waals surface area contributed by atoms with Crippen molar-refractivity contribution in [3.05, 3.63) is 23.8 Å². The quantitative estimate of drug-likeness (QED) is 0.720. The SMILES string of the molecule is CCC(CC)Oc1ccc(C)cc1[B-](F)(F)F. The molecule has 0 bridgehead atoms. The van der Waals surface area contributed by atoms with Crippen LogP contribution in [0, 0.1) is 6.92 Å². The van der Waals surface area contributed by atoms with Crippen molar-refractivity contribution in [1.29, 1.82) is 0 Å². The summed E-state index contributed by atoms with van der Waals surface area (Å²) in [6, 6.07) is 4.21. The molecule has 1 aromatic rings. The molecule has 1 nitrogen and oxygen atoms in total.